The Kier molecular flexibility index (Phi) is 16.0. The smallest absolute Gasteiger partial charge is 0.174 e. The molecule has 0 unspecified atom stereocenters. The summed E-state index contributed by atoms with van der Waals surface area (Å²) in [6.07, 6.45) is 14.7. The van der Waals surface area contributed by atoms with Crippen LogP contribution in [-0.2, 0) is 56.8 Å². The van der Waals surface area contributed by atoms with Crippen LogP contribution >= 0.6 is 0 Å². The Morgan fingerprint density at radius 1 is 0.562 bits per heavy atom. The van der Waals surface area contributed by atoms with Crippen LogP contribution < -0.4 is 0 Å². The third kappa shape index (κ3) is 10.4. The van der Waals surface area contributed by atoms with Crippen LogP contribution in [0.3, 0.4) is 0 Å². The van der Waals surface area contributed by atoms with Gasteiger partial charge in [0.25, 0.3) is 0 Å². The number of hydrogen-bond donors (Lipinski definition) is 6. The molecule has 18 heteroatoms. The van der Waals surface area contributed by atoms with E-state index in [0.717, 1.165) is 6.42 Å². The molecule has 12 heterocycles. The number of ether oxygens (including phenoxy) is 12. The Hall–Kier alpha value is -2.02. The highest BCUT2D eigenvalue weighted by Crippen LogP contribution is 2.53. The van der Waals surface area contributed by atoms with Gasteiger partial charge in [0, 0.05) is 55.8 Å². The quantitative estimate of drug-likeness (QED) is 0.217. The zero-order valence-corrected chi connectivity index (χ0v) is 47.4. The van der Waals surface area contributed by atoms with Crippen molar-refractivity contribution in [3.8, 4) is 0 Å². The van der Waals surface area contributed by atoms with Gasteiger partial charge >= 0.3 is 0 Å². The van der Waals surface area contributed by atoms with Crippen LogP contribution in [0.4, 0.5) is 0 Å². The molecule has 446 valence electrons. The molecule has 0 radical (unpaired) electrons. The fourth-order valence-corrected chi connectivity index (χ4v) is 16.7. The predicted molar refractivity (Wildman–Crippen MR) is 287 cm³/mol. The van der Waals surface area contributed by atoms with E-state index in [0.29, 0.717) is 64.2 Å². The molecule has 0 aromatic carbocycles. The zero-order valence-electron chi connectivity index (χ0n) is 47.4. The molecule has 9 fully saturated rings. The minimum Gasteiger partial charge on any atom is -0.393 e. The summed E-state index contributed by atoms with van der Waals surface area (Å²) in [5.74, 6) is -1.33. The highest BCUT2D eigenvalue weighted by atomic mass is 16.7. The lowest BCUT2D eigenvalue weighted by Crippen LogP contribution is -2.63. The first-order valence-electron chi connectivity index (χ1n) is 30.7. The molecule has 0 bridgehead atoms. The van der Waals surface area contributed by atoms with Gasteiger partial charge in [-0.3, -0.25) is 0 Å². The van der Waals surface area contributed by atoms with Gasteiger partial charge in [-0.25, -0.2) is 0 Å². The molecule has 0 aromatic rings. The Labute approximate surface area is 471 Å². The van der Waals surface area contributed by atoms with Crippen LogP contribution in [0.2, 0.25) is 0 Å². The molecule has 12 aliphatic heterocycles. The van der Waals surface area contributed by atoms with Crippen molar-refractivity contribution < 1.29 is 87.5 Å². The summed E-state index contributed by atoms with van der Waals surface area (Å²) in [4.78, 5) is 0. The monoisotopic (exact) mass is 1120 g/mol. The van der Waals surface area contributed by atoms with Crippen molar-refractivity contribution in [2.24, 2.45) is 35.5 Å². The van der Waals surface area contributed by atoms with Crippen molar-refractivity contribution in [1.82, 2.24) is 0 Å². The van der Waals surface area contributed by atoms with Crippen molar-refractivity contribution >= 4 is 0 Å². The summed E-state index contributed by atoms with van der Waals surface area (Å²) in [5.41, 5.74) is -1.96. The second-order valence-corrected chi connectivity index (χ2v) is 27.0. The van der Waals surface area contributed by atoms with Crippen LogP contribution in [-0.4, -0.2) is 207 Å². The first-order valence-corrected chi connectivity index (χ1v) is 30.7. The number of aliphatic hydroxyl groups is 6. The van der Waals surface area contributed by atoms with E-state index in [4.69, 9.17) is 56.8 Å². The number of rotatable bonds is 3. The fourth-order valence-electron chi connectivity index (χ4n) is 16.7. The normalized spacial score (nSPS) is 57.2. The molecule has 33 atom stereocenters. The maximum atomic E-state index is 12.5. The fraction of sp³-hybridized carbons (Fsp3) is 0.839. The lowest BCUT2D eigenvalue weighted by molar-refractivity contribution is -0.339. The summed E-state index contributed by atoms with van der Waals surface area (Å²) in [7, 11) is 0. The molecule has 0 aromatic heterocycles. The second-order valence-electron chi connectivity index (χ2n) is 27.0. The Morgan fingerprint density at radius 3 is 2.10 bits per heavy atom. The maximum absolute atomic E-state index is 12.5. The highest BCUT2D eigenvalue weighted by Gasteiger charge is 2.63. The van der Waals surface area contributed by atoms with E-state index >= 15 is 0 Å². The lowest BCUT2D eigenvalue weighted by atomic mass is 9.71. The van der Waals surface area contributed by atoms with Crippen molar-refractivity contribution in [2.75, 3.05) is 13.2 Å². The van der Waals surface area contributed by atoms with Crippen molar-refractivity contribution in [3.63, 3.8) is 0 Å². The first kappa shape index (κ1) is 57.1. The van der Waals surface area contributed by atoms with Gasteiger partial charge in [0.15, 0.2) is 5.79 Å². The summed E-state index contributed by atoms with van der Waals surface area (Å²) in [6, 6.07) is 0. The molecule has 0 amide bonds. The molecule has 13 aliphatic rings. The maximum Gasteiger partial charge on any atom is 0.174 e. The van der Waals surface area contributed by atoms with E-state index in [1.807, 2.05) is 26.0 Å². The molecule has 1 spiro atoms. The Balaban J connectivity index is 0.687. The first-order chi connectivity index (χ1) is 38.4. The van der Waals surface area contributed by atoms with Crippen LogP contribution in [0.1, 0.15) is 112 Å². The van der Waals surface area contributed by atoms with Gasteiger partial charge in [-0.15, -0.1) is 0 Å². The van der Waals surface area contributed by atoms with Crippen molar-refractivity contribution in [3.05, 3.63) is 60.8 Å². The van der Waals surface area contributed by atoms with Gasteiger partial charge in [0.1, 0.15) is 35.6 Å². The molecule has 18 nitrogen and oxygen atoms in total. The Morgan fingerprint density at radius 2 is 1.29 bits per heavy atom. The largest absolute Gasteiger partial charge is 0.393 e. The van der Waals surface area contributed by atoms with Crippen LogP contribution in [0, 0.1) is 35.5 Å². The van der Waals surface area contributed by atoms with Crippen LogP contribution in [0.5, 0.6) is 0 Å². The van der Waals surface area contributed by atoms with E-state index in [-0.39, 0.29) is 104 Å². The average molecular weight is 1120 g/mol. The molecule has 1 saturated carbocycles. The lowest BCUT2D eigenvalue weighted by Gasteiger charge is -2.53. The average Bonchev–Trinajstić information content (AvgIpc) is 3.68. The molecule has 1 aliphatic carbocycles. The molecular formula is C62H90O18. The van der Waals surface area contributed by atoms with Gasteiger partial charge in [-0.05, 0) is 64.2 Å². The summed E-state index contributed by atoms with van der Waals surface area (Å²) in [5, 5.41) is 66.2. The topological polar surface area (TPSA) is 232 Å². The third-order valence-electron chi connectivity index (χ3n) is 21.6. The van der Waals surface area contributed by atoms with Crippen LogP contribution in [0.15, 0.2) is 60.8 Å². The number of hydrogen-bond acceptors (Lipinski definition) is 18. The van der Waals surface area contributed by atoms with Crippen molar-refractivity contribution in [1.29, 1.82) is 0 Å². The third-order valence-corrected chi connectivity index (χ3v) is 21.6. The van der Waals surface area contributed by atoms with Crippen LogP contribution in [0.25, 0.3) is 0 Å². The van der Waals surface area contributed by atoms with E-state index in [1.54, 1.807) is 6.08 Å². The standard InChI is InChI=1S/C62H90O18/c1-30-20-45-46(24-50-56(76-45)32(3)54(67)59-57(77-50)31(2)33(4)62(80-59)27-36(65)29-69-62)73-47-26-53-61(6,79-48(47)21-30)51(66)25-49-39(75-53)11-7-8-13-52-60(5,78-49)19-18-41-40(74-52)17-14-34-22-38-44(23-43(34)71-41)72-42-12-9-10-37(16-15-35(64)28-63)70-58(42)55(38)68/h7-10,14-19,30-59,63-68H,11-13,20-29H2,1-6H3/b8-7-,16-15+/t30-,31+,32+,33+,34+,35+,36+,37-,38-,39+,40+,41-,42+,43+,44-,45+,46-,47+,48-,49-,50+,51-,52-,53-,54+,55+,56-,57-,58+,59+,60+,61+,62-/m1/s1. The predicted octanol–water partition coefficient (Wildman–Crippen LogP) is 4.23. The SMILES string of the molecule is C[C@@H]1C[C@@H]2O[C@@H]3[C@@H](C)[C@H](O)[C@@H]4O[C@]5(C[C@H](O)CO5)[C@@H](C)[C@H](C)[C@H]4O[C@H]3C[C@H]2O[C@H]2C[C@H]3O[C@H]4C/C=C\C[C@H]5O[C@H]6C=C[C@H]7C[C@H]8[C@H](O)[C@H]9O[C@@H](/C=C/[C@H](O)CO)C=CC[C@@H]9O[C@@H]8C[C@@H]7O[C@@H]6C=C[C@]5(C)O[C@@H]4C[C@@H](O)[C@]3(C)O[C@@H]2C1. The number of fused-ring (bicyclic) bond motifs is 11. The highest BCUT2D eigenvalue weighted by molar-refractivity contribution is 5.20. The van der Waals surface area contributed by atoms with Gasteiger partial charge in [-0.1, -0.05) is 88.5 Å². The minimum atomic E-state index is -1.04. The summed E-state index contributed by atoms with van der Waals surface area (Å²) in [6.45, 7) is 12.4. The van der Waals surface area contributed by atoms with E-state index in [2.05, 4.69) is 64.2 Å². The summed E-state index contributed by atoms with van der Waals surface area (Å²) < 4.78 is 83.3. The zero-order chi connectivity index (χ0) is 55.6. The molecule has 13 rings (SSSR count). The van der Waals surface area contributed by atoms with Gasteiger partial charge in [0.2, 0.25) is 0 Å². The summed E-state index contributed by atoms with van der Waals surface area (Å²) >= 11 is 0. The van der Waals surface area contributed by atoms with Crippen molar-refractivity contribution in [2.45, 2.75) is 276 Å². The molecular weight excluding hydrogens is 1030 g/mol. The number of aliphatic hydroxyl groups excluding tert-OH is 6. The minimum absolute atomic E-state index is 0.0198. The Bertz CT molecular complexity index is 2350. The van der Waals surface area contributed by atoms with E-state index in [1.165, 1.54) is 6.08 Å². The second kappa shape index (κ2) is 22.4. The van der Waals surface area contributed by atoms with E-state index in [9.17, 15) is 30.6 Å². The molecule has 80 heavy (non-hydrogen) atoms. The van der Waals surface area contributed by atoms with Gasteiger partial charge < -0.3 is 87.5 Å². The van der Waals surface area contributed by atoms with Gasteiger partial charge in [-0.2, -0.15) is 0 Å². The van der Waals surface area contributed by atoms with Gasteiger partial charge in [0.05, 0.1) is 135 Å². The molecule has 8 saturated heterocycles. The van der Waals surface area contributed by atoms with E-state index < -0.39 is 109 Å². The molecule has 6 N–H and O–H groups in total.